The Morgan fingerprint density at radius 1 is 1.17 bits per heavy atom. The van der Waals surface area contributed by atoms with Crippen LogP contribution in [0.1, 0.15) is 0 Å². The molecule has 3 nitrogen and oxygen atoms in total. The molecule has 3 aromatic rings. The van der Waals surface area contributed by atoms with Gasteiger partial charge in [0.2, 0.25) is 0 Å². The number of hydrogen-bond acceptors (Lipinski definition) is 2. The molecule has 0 saturated carbocycles. The Balaban J connectivity index is 2.22. The minimum absolute atomic E-state index is 0.298. The van der Waals surface area contributed by atoms with Crippen molar-refractivity contribution in [1.29, 1.82) is 0 Å². The van der Waals surface area contributed by atoms with Crippen LogP contribution < -0.4 is 5.73 Å². The molecule has 5 heteroatoms. The first-order valence-electron chi connectivity index (χ1n) is 5.34. The van der Waals surface area contributed by atoms with Gasteiger partial charge in [0.25, 0.3) is 0 Å². The Morgan fingerprint density at radius 3 is 2.83 bits per heavy atom. The highest BCUT2D eigenvalue weighted by atomic mass is 79.9. The van der Waals surface area contributed by atoms with Crippen molar-refractivity contribution in [3.05, 3.63) is 46.7 Å². The summed E-state index contributed by atoms with van der Waals surface area (Å²) >= 11 is 3.39. The number of imidazole rings is 1. The predicted molar refractivity (Wildman–Crippen MR) is 73.6 cm³/mol. The van der Waals surface area contributed by atoms with E-state index >= 15 is 0 Å². The van der Waals surface area contributed by atoms with E-state index in [2.05, 4.69) is 25.9 Å². The number of halogens is 2. The summed E-state index contributed by atoms with van der Waals surface area (Å²) in [5.74, 6) is 0.315. The van der Waals surface area contributed by atoms with Gasteiger partial charge in [-0.3, -0.25) is 0 Å². The normalized spacial score (nSPS) is 11.0. The molecule has 3 N–H and O–H groups in total. The van der Waals surface area contributed by atoms with Crippen molar-refractivity contribution >= 4 is 32.7 Å². The van der Waals surface area contributed by atoms with Crippen molar-refractivity contribution in [2.45, 2.75) is 0 Å². The van der Waals surface area contributed by atoms with Crippen molar-refractivity contribution < 1.29 is 4.39 Å². The van der Waals surface area contributed by atoms with E-state index in [4.69, 9.17) is 5.73 Å². The van der Waals surface area contributed by atoms with Gasteiger partial charge in [0.1, 0.15) is 11.6 Å². The zero-order chi connectivity index (χ0) is 12.7. The van der Waals surface area contributed by atoms with Gasteiger partial charge in [0.15, 0.2) is 0 Å². The van der Waals surface area contributed by atoms with Crippen LogP contribution in [0.25, 0.3) is 22.4 Å². The molecule has 0 aliphatic rings. The Morgan fingerprint density at radius 2 is 2.00 bits per heavy atom. The molecule has 2 aromatic carbocycles. The van der Waals surface area contributed by atoms with Crippen LogP contribution in [0.5, 0.6) is 0 Å². The first-order chi connectivity index (χ1) is 8.63. The second kappa shape index (κ2) is 4.10. The number of nitrogens with two attached hydrogens (primary N) is 1. The molecule has 3 rings (SSSR count). The van der Waals surface area contributed by atoms with Crippen LogP contribution >= 0.6 is 15.9 Å². The van der Waals surface area contributed by atoms with E-state index in [1.54, 1.807) is 18.2 Å². The van der Waals surface area contributed by atoms with Gasteiger partial charge in [0.05, 0.1) is 11.0 Å². The number of anilines is 1. The van der Waals surface area contributed by atoms with Gasteiger partial charge >= 0.3 is 0 Å². The van der Waals surface area contributed by atoms with Crippen molar-refractivity contribution in [1.82, 2.24) is 9.97 Å². The van der Waals surface area contributed by atoms with E-state index in [0.29, 0.717) is 17.1 Å². The number of aromatic nitrogens is 2. The van der Waals surface area contributed by atoms with Gasteiger partial charge in [-0.1, -0.05) is 15.9 Å². The summed E-state index contributed by atoms with van der Waals surface area (Å²) in [6.45, 7) is 0. The third-order valence-corrected chi connectivity index (χ3v) is 3.38. The highest BCUT2D eigenvalue weighted by Crippen LogP contribution is 2.28. The topological polar surface area (TPSA) is 54.7 Å². The van der Waals surface area contributed by atoms with Crippen LogP contribution in [0.15, 0.2) is 40.9 Å². The number of nitrogens with zero attached hydrogens (tertiary/aromatic N) is 1. The Kier molecular flexibility index (Phi) is 2.56. The molecule has 0 spiro atoms. The van der Waals surface area contributed by atoms with Crippen LogP contribution in [-0.4, -0.2) is 9.97 Å². The standard InChI is InChI=1S/C13H9BrFN3/c14-10-3-1-7(15)5-9(10)13-17-11-4-2-8(16)6-12(11)18-13/h1-6H,16H2,(H,17,18). The number of nitrogens with one attached hydrogen (secondary N) is 1. The van der Waals surface area contributed by atoms with Gasteiger partial charge in [-0.25, -0.2) is 9.37 Å². The number of rotatable bonds is 1. The number of fused-ring (bicyclic) bond motifs is 1. The molecule has 0 bridgehead atoms. The fourth-order valence-electron chi connectivity index (χ4n) is 1.83. The minimum Gasteiger partial charge on any atom is -0.399 e. The molecule has 1 heterocycles. The van der Waals surface area contributed by atoms with E-state index < -0.39 is 0 Å². The first kappa shape index (κ1) is 11.2. The molecule has 1 aromatic heterocycles. The van der Waals surface area contributed by atoms with Crippen LogP contribution in [0.3, 0.4) is 0 Å². The van der Waals surface area contributed by atoms with E-state index in [1.165, 1.54) is 12.1 Å². The van der Waals surface area contributed by atoms with Crippen molar-refractivity contribution in [3.8, 4) is 11.4 Å². The highest BCUT2D eigenvalue weighted by molar-refractivity contribution is 9.10. The maximum Gasteiger partial charge on any atom is 0.139 e. The smallest absolute Gasteiger partial charge is 0.139 e. The number of benzene rings is 2. The molecule has 0 aliphatic heterocycles. The van der Waals surface area contributed by atoms with E-state index in [9.17, 15) is 4.39 Å². The SMILES string of the molecule is Nc1ccc2nc(-c3cc(F)ccc3Br)[nH]c2c1. The second-order valence-corrected chi connectivity index (χ2v) is 4.84. The molecule has 90 valence electrons. The quantitative estimate of drug-likeness (QED) is 0.673. The van der Waals surface area contributed by atoms with Gasteiger partial charge in [-0.2, -0.15) is 0 Å². The highest BCUT2D eigenvalue weighted by Gasteiger charge is 2.09. The van der Waals surface area contributed by atoms with Crippen molar-refractivity contribution in [2.24, 2.45) is 0 Å². The third-order valence-electron chi connectivity index (χ3n) is 2.69. The number of H-pyrrole nitrogens is 1. The van der Waals surface area contributed by atoms with Crippen molar-refractivity contribution in [2.75, 3.05) is 5.73 Å². The second-order valence-electron chi connectivity index (χ2n) is 3.99. The molecule has 0 atom stereocenters. The van der Waals surface area contributed by atoms with Crippen LogP contribution in [-0.2, 0) is 0 Å². The monoisotopic (exact) mass is 305 g/mol. The van der Waals surface area contributed by atoms with Crippen molar-refractivity contribution in [3.63, 3.8) is 0 Å². The number of hydrogen-bond donors (Lipinski definition) is 2. The molecule has 0 amide bonds. The van der Waals surface area contributed by atoms with Gasteiger partial charge in [-0.15, -0.1) is 0 Å². The zero-order valence-corrected chi connectivity index (χ0v) is 10.8. The average Bonchev–Trinajstić information content (AvgIpc) is 2.74. The summed E-state index contributed by atoms with van der Waals surface area (Å²) in [6, 6.07) is 9.91. The molecule has 18 heavy (non-hydrogen) atoms. The Labute approximate surface area is 111 Å². The lowest BCUT2D eigenvalue weighted by molar-refractivity contribution is 0.628. The van der Waals surface area contributed by atoms with Gasteiger partial charge in [-0.05, 0) is 36.4 Å². The van der Waals surface area contributed by atoms with Crippen LogP contribution in [0, 0.1) is 5.82 Å². The lowest BCUT2D eigenvalue weighted by Gasteiger charge is -2.00. The van der Waals surface area contributed by atoms with Gasteiger partial charge < -0.3 is 10.7 Å². The predicted octanol–water partition coefficient (Wildman–Crippen LogP) is 3.71. The minimum atomic E-state index is -0.298. The number of nitrogen functional groups attached to an aromatic ring is 1. The first-order valence-corrected chi connectivity index (χ1v) is 6.13. The van der Waals surface area contributed by atoms with E-state index in [-0.39, 0.29) is 5.82 Å². The lowest BCUT2D eigenvalue weighted by Crippen LogP contribution is -1.84. The average molecular weight is 306 g/mol. The molecule has 0 unspecified atom stereocenters. The summed E-state index contributed by atoms with van der Waals surface area (Å²) in [5.41, 5.74) is 8.69. The van der Waals surface area contributed by atoms with E-state index in [1.807, 2.05) is 6.07 Å². The van der Waals surface area contributed by atoms with Crippen LogP contribution in [0.2, 0.25) is 0 Å². The molecule has 0 radical (unpaired) electrons. The van der Waals surface area contributed by atoms with Crippen LogP contribution in [0.4, 0.5) is 10.1 Å². The molecular weight excluding hydrogens is 297 g/mol. The third kappa shape index (κ3) is 1.86. The molecule has 0 saturated heterocycles. The Hall–Kier alpha value is -1.88. The summed E-state index contributed by atoms with van der Waals surface area (Å²) in [7, 11) is 0. The fraction of sp³-hybridized carbons (Fsp3) is 0. The lowest BCUT2D eigenvalue weighted by atomic mass is 10.2. The summed E-state index contributed by atoms with van der Waals surface area (Å²) in [4.78, 5) is 7.55. The fourth-order valence-corrected chi connectivity index (χ4v) is 2.27. The molecule has 0 aliphatic carbocycles. The molecular formula is C13H9BrFN3. The maximum absolute atomic E-state index is 13.3. The Bertz CT molecular complexity index is 736. The zero-order valence-electron chi connectivity index (χ0n) is 9.24. The maximum atomic E-state index is 13.3. The largest absolute Gasteiger partial charge is 0.399 e. The van der Waals surface area contributed by atoms with Gasteiger partial charge in [0, 0.05) is 15.7 Å². The number of aromatic amines is 1. The summed E-state index contributed by atoms with van der Waals surface area (Å²) in [6.07, 6.45) is 0. The molecule has 0 fully saturated rings. The summed E-state index contributed by atoms with van der Waals surface area (Å²) in [5, 5.41) is 0. The van der Waals surface area contributed by atoms with E-state index in [0.717, 1.165) is 15.5 Å². The summed E-state index contributed by atoms with van der Waals surface area (Å²) < 4.78 is 14.1.